The van der Waals surface area contributed by atoms with Gasteiger partial charge in [0.1, 0.15) is 17.3 Å². The molecule has 1 aliphatic rings. The van der Waals surface area contributed by atoms with Crippen LogP contribution < -0.4 is 19.7 Å². The van der Waals surface area contributed by atoms with Crippen molar-refractivity contribution in [1.29, 1.82) is 0 Å². The van der Waals surface area contributed by atoms with Crippen molar-refractivity contribution < 1.29 is 19.4 Å². The summed E-state index contributed by atoms with van der Waals surface area (Å²) in [7, 11) is 3.09. The molecular formula is C18H21ClN4O4. The Morgan fingerprint density at radius 3 is 2.59 bits per heavy atom. The fourth-order valence-corrected chi connectivity index (χ4v) is 3.25. The highest BCUT2D eigenvalue weighted by Gasteiger charge is 2.25. The fourth-order valence-electron chi connectivity index (χ4n) is 3.02. The van der Waals surface area contributed by atoms with Crippen LogP contribution >= 0.6 is 11.6 Å². The number of carbonyl (C=O) groups is 1. The van der Waals surface area contributed by atoms with Crippen molar-refractivity contribution in [2.45, 2.75) is 12.8 Å². The van der Waals surface area contributed by atoms with Crippen molar-refractivity contribution in [3.63, 3.8) is 0 Å². The number of ether oxygens (including phenoxy) is 2. The SMILES string of the molecule is COc1cc(Nc2nccc(N3CCC(C(=O)O)CC3)n2)c(OC)cc1Cl. The number of piperidine rings is 1. The minimum Gasteiger partial charge on any atom is -0.495 e. The maximum absolute atomic E-state index is 11.1. The molecule has 1 aliphatic heterocycles. The Hall–Kier alpha value is -2.74. The molecule has 1 fully saturated rings. The van der Waals surface area contributed by atoms with E-state index in [2.05, 4.69) is 20.2 Å². The molecule has 0 spiro atoms. The summed E-state index contributed by atoms with van der Waals surface area (Å²) in [5.41, 5.74) is 0.625. The number of hydrogen-bond donors (Lipinski definition) is 2. The third-order valence-electron chi connectivity index (χ3n) is 4.53. The van der Waals surface area contributed by atoms with Crippen molar-refractivity contribution in [3.05, 3.63) is 29.4 Å². The molecule has 0 saturated carbocycles. The summed E-state index contributed by atoms with van der Waals surface area (Å²) in [4.78, 5) is 22.0. The molecule has 2 N–H and O–H groups in total. The molecule has 9 heteroatoms. The molecule has 0 atom stereocenters. The van der Waals surface area contributed by atoms with E-state index in [0.29, 0.717) is 54.1 Å². The van der Waals surface area contributed by atoms with Gasteiger partial charge in [-0.3, -0.25) is 4.79 Å². The van der Waals surface area contributed by atoms with Gasteiger partial charge in [0, 0.05) is 31.4 Å². The van der Waals surface area contributed by atoms with Crippen LogP contribution in [0.5, 0.6) is 11.5 Å². The molecule has 1 aromatic carbocycles. The Morgan fingerprint density at radius 1 is 1.26 bits per heavy atom. The lowest BCUT2D eigenvalue weighted by atomic mass is 9.97. The third kappa shape index (κ3) is 4.33. The Balaban J connectivity index is 1.78. The monoisotopic (exact) mass is 392 g/mol. The summed E-state index contributed by atoms with van der Waals surface area (Å²) >= 11 is 6.13. The van der Waals surface area contributed by atoms with Crippen molar-refractivity contribution in [2.75, 3.05) is 37.5 Å². The van der Waals surface area contributed by atoms with Gasteiger partial charge in [-0.1, -0.05) is 11.6 Å². The second-order valence-electron chi connectivity index (χ2n) is 6.15. The molecular weight excluding hydrogens is 372 g/mol. The highest BCUT2D eigenvalue weighted by Crippen LogP contribution is 2.37. The van der Waals surface area contributed by atoms with Crippen LogP contribution in [-0.4, -0.2) is 48.4 Å². The number of carboxylic acid groups (broad SMARTS) is 1. The number of methoxy groups -OCH3 is 2. The Bertz CT molecular complexity index is 825. The van der Waals surface area contributed by atoms with Gasteiger partial charge in [-0.15, -0.1) is 0 Å². The molecule has 1 aromatic heterocycles. The van der Waals surface area contributed by atoms with E-state index >= 15 is 0 Å². The number of halogens is 1. The fraction of sp³-hybridized carbons (Fsp3) is 0.389. The van der Waals surface area contributed by atoms with E-state index < -0.39 is 5.97 Å². The maximum Gasteiger partial charge on any atom is 0.306 e. The first kappa shape index (κ1) is 19.0. The molecule has 0 aliphatic carbocycles. The Kier molecular flexibility index (Phi) is 5.85. The van der Waals surface area contributed by atoms with E-state index in [0.717, 1.165) is 5.82 Å². The minimum absolute atomic E-state index is 0.286. The summed E-state index contributed by atoms with van der Waals surface area (Å²) < 4.78 is 10.6. The summed E-state index contributed by atoms with van der Waals surface area (Å²) in [6, 6.07) is 5.19. The van der Waals surface area contributed by atoms with Crippen molar-refractivity contribution in [2.24, 2.45) is 5.92 Å². The quantitative estimate of drug-likeness (QED) is 0.773. The molecule has 8 nitrogen and oxygen atoms in total. The van der Waals surface area contributed by atoms with Crippen LogP contribution in [0.2, 0.25) is 5.02 Å². The van der Waals surface area contributed by atoms with Gasteiger partial charge in [0.2, 0.25) is 5.95 Å². The van der Waals surface area contributed by atoms with E-state index in [1.165, 1.54) is 7.11 Å². The van der Waals surface area contributed by atoms with E-state index in [1.807, 2.05) is 6.07 Å². The van der Waals surface area contributed by atoms with Crippen LogP contribution in [0.4, 0.5) is 17.5 Å². The number of nitrogens with zero attached hydrogens (tertiary/aromatic N) is 3. The summed E-state index contributed by atoms with van der Waals surface area (Å²) in [5, 5.41) is 12.7. The van der Waals surface area contributed by atoms with Gasteiger partial charge in [-0.05, 0) is 18.9 Å². The van der Waals surface area contributed by atoms with Gasteiger partial charge in [-0.2, -0.15) is 4.98 Å². The molecule has 0 radical (unpaired) electrons. The number of carboxylic acids is 1. The van der Waals surface area contributed by atoms with E-state index in [-0.39, 0.29) is 5.92 Å². The number of benzene rings is 1. The average Bonchev–Trinajstić information content (AvgIpc) is 2.69. The first-order valence-electron chi connectivity index (χ1n) is 8.51. The number of aliphatic carboxylic acids is 1. The highest BCUT2D eigenvalue weighted by molar-refractivity contribution is 6.32. The summed E-state index contributed by atoms with van der Waals surface area (Å²) in [6.07, 6.45) is 2.86. The number of hydrogen-bond acceptors (Lipinski definition) is 7. The van der Waals surface area contributed by atoms with Gasteiger partial charge in [0.05, 0.1) is 30.8 Å². The van der Waals surface area contributed by atoms with Crippen LogP contribution in [0.3, 0.4) is 0 Å². The zero-order chi connectivity index (χ0) is 19.4. The molecule has 2 heterocycles. The molecule has 2 aromatic rings. The molecule has 0 amide bonds. The van der Waals surface area contributed by atoms with E-state index in [9.17, 15) is 4.79 Å². The van der Waals surface area contributed by atoms with Crippen molar-refractivity contribution in [3.8, 4) is 11.5 Å². The molecule has 144 valence electrons. The van der Waals surface area contributed by atoms with E-state index in [1.54, 1.807) is 25.4 Å². The first-order chi connectivity index (χ1) is 13.0. The highest BCUT2D eigenvalue weighted by atomic mass is 35.5. The smallest absolute Gasteiger partial charge is 0.306 e. The lowest BCUT2D eigenvalue weighted by Crippen LogP contribution is -2.36. The first-order valence-corrected chi connectivity index (χ1v) is 8.89. The van der Waals surface area contributed by atoms with Crippen LogP contribution in [0.1, 0.15) is 12.8 Å². The number of nitrogens with one attached hydrogen (secondary N) is 1. The average molecular weight is 393 g/mol. The largest absolute Gasteiger partial charge is 0.495 e. The van der Waals surface area contributed by atoms with Crippen LogP contribution in [0, 0.1) is 5.92 Å². The van der Waals surface area contributed by atoms with Crippen LogP contribution in [0.25, 0.3) is 0 Å². The van der Waals surface area contributed by atoms with Crippen molar-refractivity contribution >= 4 is 35.0 Å². The number of aromatic nitrogens is 2. The zero-order valence-electron chi connectivity index (χ0n) is 15.1. The molecule has 0 bridgehead atoms. The number of rotatable bonds is 6. The molecule has 0 unspecified atom stereocenters. The third-order valence-corrected chi connectivity index (χ3v) is 4.82. The van der Waals surface area contributed by atoms with Gasteiger partial charge in [0.15, 0.2) is 0 Å². The molecule has 27 heavy (non-hydrogen) atoms. The van der Waals surface area contributed by atoms with Gasteiger partial charge >= 0.3 is 5.97 Å². The number of anilines is 3. The Morgan fingerprint density at radius 2 is 1.96 bits per heavy atom. The second-order valence-corrected chi connectivity index (χ2v) is 6.56. The standard InChI is InChI=1S/C18H21ClN4O4/c1-26-14-10-13(15(27-2)9-12(14)19)21-18-20-6-3-16(22-18)23-7-4-11(5-8-23)17(24)25/h3,6,9-11H,4-5,7-8H2,1-2H3,(H,24,25)(H,20,21,22). The van der Waals surface area contributed by atoms with Gasteiger partial charge in [0.25, 0.3) is 0 Å². The maximum atomic E-state index is 11.1. The van der Waals surface area contributed by atoms with Gasteiger partial charge < -0.3 is 24.8 Å². The van der Waals surface area contributed by atoms with Crippen LogP contribution in [-0.2, 0) is 4.79 Å². The zero-order valence-corrected chi connectivity index (χ0v) is 15.9. The summed E-state index contributed by atoms with van der Waals surface area (Å²) in [5.74, 6) is 1.17. The van der Waals surface area contributed by atoms with E-state index in [4.69, 9.17) is 26.2 Å². The lowest BCUT2D eigenvalue weighted by molar-refractivity contribution is -0.142. The normalized spacial score (nSPS) is 14.7. The minimum atomic E-state index is -0.733. The lowest BCUT2D eigenvalue weighted by Gasteiger charge is -2.31. The topological polar surface area (TPSA) is 96.8 Å². The predicted octanol–water partition coefficient (Wildman–Crippen LogP) is 3.19. The van der Waals surface area contributed by atoms with Crippen molar-refractivity contribution in [1.82, 2.24) is 9.97 Å². The van der Waals surface area contributed by atoms with Crippen LogP contribution in [0.15, 0.2) is 24.4 Å². The second kappa shape index (κ2) is 8.30. The molecule has 1 saturated heterocycles. The molecule has 3 rings (SSSR count). The predicted molar refractivity (Wildman–Crippen MR) is 102 cm³/mol. The Labute approximate surface area is 162 Å². The van der Waals surface area contributed by atoms with Gasteiger partial charge in [-0.25, -0.2) is 4.98 Å². The summed E-state index contributed by atoms with van der Waals surface area (Å²) in [6.45, 7) is 1.29.